The maximum atomic E-state index is 12.9. The predicted molar refractivity (Wildman–Crippen MR) is 118 cm³/mol. The summed E-state index contributed by atoms with van der Waals surface area (Å²) in [6.07, 6.45) is 0. The molecule has 0 bridgehead atoms. The number of hydrogen-bond acceptors (Lipinski definition) is 4. The van der Waals surface area contributed by atoms with E-state index in [1.807, 2.05) is 23.1 Å². The van der Waals surface area contributed by atoms with Crippen LogP contribution < -0.4 is 15.1 Å². The van der Waals surface area contributed by atoms with Crippen LogP contribution in [0.25, 0.3) is 0 Å². The molecule has 0 unspecified atom stereocenters. The zero-order valence-corrected chi connectivity index (χ0v) is 17.4. The van der Waals surface area contributed by atoms with Crippen molar-refractivity contribution in [1.29, 1.82) is 0 Å². The fourth-order valence-electron chi connectivity index (χ4n) is 4.06. The van der Waals surface area contributed by atoms with Crippen LogP contribution in [0.5, 0.6) is 0 Å². The number of carbonyl (C=O) groups excluding carboxylic acids is 1. The van der Waals surface area contributed by atoms with Gasteiger partial charge in [-0.1, -0.05) is 24.3 Å². The Morgan fingerprint density at radius 3 is 2.31 bits per heavy atom. The monoisotopic (exact) mass is 394 g/mol. The quantitative estimate of drug-likeness (QED) is 0.866. The summed E-state index contributed by atoms with van der Waals surface area (Å²) in [4.78, 5) is 19.5. The number of urea groups is 1. The van der Waals surface area contributed by atoms with Crippen molar-refractivity contribution < 1.29 is 9.53 Å². The van der Waals surface area contributed by atoms with Gasteiger partial charge >= 0.3 is 6.03 Å². The molecule has 2 saturated heterocycles. The first-order valence-electron chi connectivity index (χ1n) is 10.4. The summed E-state index contributed by atoms with van der Waals surface area (Å²) < 4.78 is 5.46. The summed E-state index contributed by atoms with van der Waals surface area (Å²) in [6.45, 7) is 10.6. The Hall–Kier alpha value is -2.73. The van der Waals surface area contributed by atoms with Crippen LogP contribution in [0.15, 0.2) is 42.5 Å². The van der Waals surface area contributed by atoms with Gasteiger partial charge in [0.25, 0.3) is 0 Å². The number of para-hydroxylation sites is 2. The Kier molecular flexibility index (Phi) is 5.90. The van der Waals surface area contributed by atoms with Gasteiger partial charge in [0.1, 0.15) is 0 Å². The molecule has 6 heteroatoms. The predicted octanol–water partition coefficient (Wildman–Crippen LogP) is 3.49. The molecule has 2 aromatic carbocycles. The number of ether oxygens (including phenoxy) is 1. The maximum absolute atomic E-state index is 12.9. The van der Waals surface area contributed by atoms with E-state index in [1.165, 1.54) is 16.8 Å². The summed E-state index contributed by atoms with van der Waals surface area (Å²) in [7, 11) is 0. The van der Waals surface area contributed by atoms with E-state index >= 15 is 0 Å². The van der Waals surface area contributed by atoms with Crippen molar-refractivity contribution >= 4 is 23.1 Å². The molecule has 29 heavy (non-hydrogen) atoms. The summed E-state index contributed by atoms with van der Waals surface area (Å²) in [5.74, 6) is 0. The molecule has 2 heterocycles. The number of aryl methyl sites for hydroxylation is 2. The normalized spacial score (nSPS) is 17.4. The highest BCUT2D eigenvalue weighted by Gasteiger charge is 2.23. The molecule has 0 aliphatic carbocycles. The van der Waals surface area contributed by atoms with E-state index in [4.69, 9.17) is 4.74 Å². The smallest absolute Gasteiger partial charge is 0.322 e. The molecular formula is C23H30N4O2. The molecule has 2 aliphatic heterocycles. The van der Waals surface area contributed by atoms with Crippen molar-refractivity contribution in [3.8, 4) is 0 Å². The summed E-state index contributed by atoms with van der Waals surface area (Å²) in [6, 6.07) is 14.6. The Labute approximate surface area is 173 Å². The summed E-state index contributed by atoms with van der Waals surface area (Å²) in [5.41, 5.74) is 5.77. The van der Waals surface area contributed by atoms with Gasteiger partial charge in [-0.25, -0.2) is 4.79 Å². The lowest BCUT2D eigenvalue weighted by molar-refractivity contribution is 0.123. The average Bonchev–Trinajstić information content (AvgIpc) is 2.76. The highest BCUT2D eigenvalue weighted by molar-refractivity contribution is 5.93. The lowest BCUT2D eigenvalue weighted by atomic mass is 10.1. The number of morpholine rings is 1. The molecule has 0 radical (unpaired) electrons. The van der Waals surface area contributed by atoms with Gasteiger partial charge in [-0.05, 0) is 43.2 Å². The molecule has 0 spiro atoms. The second kappa shape index (κ2) is 8.74. The standard InChI is InChI=1S/C23H30N4O2/c1-18-7-8-19(2)22(17-18)25-9-11-27(12-10-25)23(28)24-20-5-3-4-6-21(20)26-13-15-29-16-14-26/h3-8,17H,9-16H2,1-2H3,(H,24,28). The molecule has 0 aromatic heterocycles. The highest BCUT2D eigenvalue weighted by atomic mass is 16.5. The number of rotatable bonds is 3. The van der Waals surface area contributed by atoms with Crippen LogP contribution in [0, 0.1) is 13.8 Å². The lowest BCUT2D eigenvalue weighted by Gasteiger charge is -2.37. The maximum Gasteiger partial charge on any atom is 0.322 e. The van der Waals surface area contributed by atoms with Crippen molar-refractivity contribution in [2.75, 3.05) is 67.6 Å². The van der Waals surface area contributed by atoms with Crippen molar-refractivity contribution in [3.05, 3.63) is 53.6 Å². The van der Waals surface area contributed by atoms with Crippen molar-refractivity contribution in [2.24, 2.45) is 0 Å². The first-order chi connectivity index (χ1) is 14.1. The van der Waals surface area contributed by atoms with Crippen LogP contribution in [0.3, 0.4) is 0 Å². The van der Waals surface area contributed by atoms with Gasteiger partial charge in [-0.2, -0.15) is 0 Å². The molecule has 0 saturated carbocycles. The number of nitrogens with zero attached hydrogens (tertiary/aromatic N) is 3. The van der Waals surface area contributed by atoms with Crippen molar-refractivity contribution in [2.45, 2.75) is 13.8 Å². The second-order valence-electron chi connectivity index (χ2n) is 7.81. The molecule has 6 nitrogen and oxygen atoms in total. The molecule has 1 N–H and O–H groups in total. The summed E-state index contributed by atoms with van der Waals surface area (Å²) in [5, 5.41) is 3.14. The van der Waals surface area contributed by atoms with Crippen LogP contribution in [0.2, 0.25) is 0 Å². The topological polar surface area (TPSA) is 48.0 Å². The largest absolute Gasteiger partial charge is 0.378 e. The number of benzene rings is 2. The van der Waals surface area contributed by atoms with Gasteiger partial charge in [0.05, 0.1) is 24.6 Å². The van der Waals surface area contributed by atoms with Gasteiger partial charge in [-0.15, -0.1) is 0 Å². The summed E-state index contributed by atoms with van der Waals surface area (Å²) >= 11 is 0. The number of anilines is 3. The van der Waals surface area contributed by atoms with Crippen molar-refractivity contribution in [1.82, 2.24) is 4.90 Å². The fraction of sp³-hybridized carbons (Fsp3) is 0.435. The first-order valence-corrected chi connectivity index (χ1v) is 10.4. The third-order valence-electron chi connectivity index (χ3n) is 5.77. The Bertz CT molecular complexity index is 856. The van der Waals surface area contributed by atoms with Crippen LogP contribution >= 0.6 is 0 Å². The third-order valence-corrected chi connectivity index (χ3v) is 5.77. The lowest BCUT2D eigenvalue weighted by Crippen LogP contribution is -2.50. The number of carbonyl (C=O) groups is 1. The number of piperazine rings is 1. The van der Waals surface area contributed by atoms with E-state index in [-0.39, 0.29) is 6.03 Å². The average molecular weight is 395 g/mol. The van der Waals surface area contributed by atoms with E-state index in [0.717, 1.165) is 63.9 Å². The minimum absolute atomic E-state index is 0.0219. The Balaban J connectivity index is 1.39. The van der Waals surface area contributed by atoms with Crippen LogP contribution in [0.1, 0.15) is 11.1 Å². The van der Waals surface area contributed by atoms with E-state index < -0.39 is 0 Å². The fourth-order valence-corrected chi connectivity index (χ4v) is 4.06. The van der Waals surface area contributed by atoms with E-state index in [1.54, 1.807) is 0 Å². The number of hydrogen-bond donors (Lipinski definition) is 1. The minimum Gasteiger partial charge on any atom is -0.378 e. The zero-order chi connectivity index (χ0) is 20.2. The molecule has 2 aliphatic rings. The van der Waals surface area contributed by atoms with Crippen LogP contribution in [-0.4, -0.2) is 63.4 Å². The molecule has 4 rings (SSSR count). The Morgan fingerprint density at radius 1 is 0.862 bits per heavy atom. The molecule has 2 amide bonds. The van der Waals surface area contributed by atoms with Gasteiger partial charge in [0, 0.05) is 45.0 Å². The van der Waals surface area contributed by atoms with Crippen LogP contribution in [-0.2, 0) is 4.74 Å². The minimum atomic E-state index is -0.0219. The molecule has 2 fully saturated rings. The Morgan fingerprint density at radius 2 is 1.55 bits per heavy atom. The SMILES string of the molecule is Cc1ccc(C)c(N2CCN(C(=O)Nc3ccccc3N3CCOCC3)CC2)c1. The zero-order valence-electron chi connectivity index (χ0n) is 17.4. The van der Waals surface area contributed by atoms with E-state index in [2.05, 4.69) is 53.2 Å². The molecule has 0 atom stereocenters. The van der Waals surface area contributed by atoms with Crippen molar-refractivity contribution in [3.63, 3.8) is 0 Å². The van der Waals surface area contributed by atoms with Gasteiger partial charge < -0.3 is 24.8 Å². The number of amides is 2. The molecule has 154 valence electrons. The van der Waals surface area contributed by atoms with E-state index in [0.29, 0.717) is 0 Å². The number of nitrogens with one attached hydrogen (secondary N) is 1. The molecular weight excluding hydrogens is 364 g/mol. The van der Waals surface area contributed by atoms with Gasteiger partial charge in [0.15, 0.2) is 0 Å². The van der Waals surface area contributed by atoms with E-state index in [9.17, 15) is 4.79 Å². The van der Waals surface area contributed by atoms with Gasteiger partial charge in [0.2, 0.25) is 0 Å². The third kappa shape index (κ3) is 4.48. The van der Waals surface area contributed by atoms with Gasteiger partial charge in [-0.3, -0.25) is 0 Å². The molecule has 2 aromatic rings. The highest BCUT2D eigenvalue weighted by Crippen LogP contribution is 2.27. The second-order valence-corrected chi connectivity index (χ2v) is 7.81. The first kappa shape index (κ1) is 19.6. The van der Waals surface area contributed by atoms with Crippen LogP contribution in [0.4, 0.5) is 21.9 Å².